The molecule has 0 unspecified atom stereocenters. The van der Waals surface area contributed by atoms with Crippen LogP contribution in [0.5, 0.6) is 0 Å². The highest BCUT2D eigenvalue weighted by atomic mass is 35.5. The number of benzene rings is 2. The fourth-order valence-corrected chi connectivity index (χ4v) is 3.19. The largest absolute Gasteiger partial charge is 0.274 e. The Balaban J connectivity index is 1.90. The average Bonchev–Trinajstić information content (AvgIpc) is 2.80. The first-order valence-electron chi connectivity index (χ1n) is 7.59. The van der Waals surface area contributed by atoms with Crippen molar-refractivity contribution in [3.05, 3.63) is 81.9 Å². The van der Waals surface area contributed by atoms with Crippen molar-refractivity contribution in [3.8, 4) is 0 Å². The van der Waals surface area contributed by atoms with Crippen LogP contribution in [0.4, 0.5) is 0 Å². The lowest BCUT2D eigenvalue weighted by molar-refractivity contribution is -0.139. The summed E-state index contributed by atoms with van der Waals surface area (Å²) in [5, 5.41) is -0.402. The van der Waals surface area contributed by atoms with E-state index in [1.54, 1.807) is 0 Å². The van der Waals surface area contributed by atoms with E-state index in [2.05, 4.69) is 0 Å². The van der Waals surface area contributed by atoms with Crippen LogP contribution in [0.2, 0.25) is 0 Å². The molecular formula is C19H15Cl2NO2. The minimum atomic E-state index is -0.525. The van der Waals surface area contributed by atoms with Gasteiger partial charge in [-0.3, -0.25) is 14.5 Å². The van der Waals surface area contributed by atoms with E-state index in [1.807, 2.05) is 60.7 Å². The van der Waals surface area contributed by atoms with Gasteiger partial charge in [0.15, 0.2) is 0 Å². The van der Waals surface area contributed by atoms with Crippen LogP contribution in [0.15, 0.2) is 70.7 Å². The molecule has 3 nitrogen and oxygen atoms in total. The van der Waals surface area contributed by atoms with Gasteiger partial charge in [0.2, 0.25) is 0 Å². The molecule has 1 aliphatic rings. The molecule has 0 bridgehead atoms. The maximum atomic E-state index is 12.4. The maximum Gasteiger partial charge on any atom is 0.274 e. The number of imide groups is 1. The van der Waals surface area contributed by atoms with Gasteiger partial charge in [-0.15, -0.1) is 0 Å². The van der Waals surface area contributed by atoms with Crippen LogP contribution in [0.1, 0.15) is 11.1 Å². The fourth-order valence-electron chi connectivity index (χ4n) is 2.85. The van der Waals surface area contributed by atoms with Gasteiger partial charge in [-0.2, -0.15) is 0 Å². The van der Waals surface area contributed by atoms with Gasteiger partial charge in [0.25, 0.3) is 11.8 Å². The monoisotopic (exact) mass is 359 g/mol. The van der Waals surface area contributed by atoms with Gasteiger partial charge in [0.1, 0.15) is 10.1 Å². The van der Waals surface area contributed by atoms with E-state index in [-0.39, 0.29) is 16.1 Å². The molecule has 3 rings (SSSR count). The van der Waals surface area contributed by atoms with E-state index in [0.717, 1.165) is 11.1 Å². The van der Waals surface area contributed by atoms with Crippen molar-refractivity contribution < 1.29 is 9.59 Å². The van der Waals surface area contributed by atoms with Gasteiger partial charge in [-0.05, 0) is 24.0 Å². The summed E-state index contributed by atoms with van der Waals surface area (Å²) in [6.45, 7) is 0. The van der Waals surface area contributed by atoms with Gasteiger partial charge in [-0.25, -0.2) is 0 Å². The summed E-state index contributed by atoms with van der Waals surface area (Å²) in [7, 11) is 0. The van der Waals surface area contributed by atoms with Crippen LogP contribution in [0, 0.1) is 0 Å². The number of halogens is 2. The second-order valence-corrected chi connectivity index (χ2v) is 6.40. The highest BCUT2D eigenvalue weighted by Gasteiger charge is 2.40. The molecule has 1 heterocycles. The van der Waals surface area contributed by atoms with Crippen molar-refractivity contribution in [1.29, 1.82) is 0 Å². The molecule has 0 N–H and O–H groups in total. The highest BCUT2D eigenvalue weighted by Crippen LogP contribution is 2.30. The first-order valence-corrected chi connectivity index (χ1v) is 8.34. The van der Waals surface area contributed by atoms with Crippen molar-refractivity contribution in [2.24, 2.45) is 0 Å². The number of amides is 2. The van der Waals surface area contributed by atoms with Crippen LogP contribution < -0.4 is 0 Å². The molecule has 0 saturated heterocycles. The van der Waals surface area contributed by atoms with Crippen LogP contribution in [0.3, 0.4) is 0 Å². The Bertz CT molecular complexity index is 722. The summed E-state index contributed by atoms with van der Waals surface area (Å²) >= 11 is 11.8. The first-order chi connectivity index (χ1) is 11.6. The maximum absolute atomic E-state index is 12.4. The van der Waals surface area contributed by atoms with Crippen LogP contribution >= 0.6 is 23.2 Å². The van der Waals surface area contributed by atoms with E-state index in [1.165, 1.54) is 4.90 Å². The molecule has 1 aliphatic heterocycles. The summed E-state index contributed by atoms with van der Waals surface area (Å²) < 4.78 is 0. The number of hydrogen-bond acceptors (Lipinski definition) is 2. The molecule has 2 amide bonds. The Labute approximate surface area is 150 Å². The molecular weight excluding hydrogens is 345 g/mol. The Morgan fingerprint density at radius 1 is 0.708 bits per heavy atom. The molecule has 0 spiro atoms. The Kier molecular flexibility index (Phi) is 5.03. The molecule has 0 fully saturated rings. The molecule has 24 heavy (non-hydrogen) atoms. The third-order valence-corrected chi connectivity index (χ3v) is 4.80. The van der Waals surface area contributed by atoms with Gasteiger partial charge in [-0.1, -0.05) is 83.9 Å². The molecule has 0 saturated carbocycles. The van der Waals surface area contributed by atoms with Crippen molar-refractivity contribution >= 4 is 35.0 Å². The lowest BCUT2D eigenvalue weighted by Gasteiger charge is -2.27. The molecule has 0 aliphatic carbocycles. The topological polar surface area (TPSA) is 37.4 Å². The Morgan fingerprint density at radius 3 is 1.46 bits per heavy atom. The summed E-state index contributed by atoms with van der Waals surface area (Å²) in [6.07, 6.45) is 1.09. The van der Waals surface area contributed by atoms with Gasteiger partial charge >= 0.3 is 0 Å². The summed E-state index contributed by atoms with van der Waals surface area (Å²) in [4.78, 5) is 25.9. The highest BCUT2D eigenvalue weighted by molar-refractivity contribution is 6.58. The standard InChI is InChI=1S/C19H15Cl2NO2/c20-16-17(21)19(24)22(18(16)23)15(11-13-7-3-1-4-8-13)12-14-9-5-2-6-10-14/h1-10,15H,11-12H2. The summed E-state index contributed by atoms with van der Waals surface area (Å²) in [5.41, 5.74) is 2.08. The van der Waals surface area contributed by atoms with Crippen LogP contribution in [-0.2, 0) is 22.4 Å². The SMILES string of the molecule is O=C1C(Cl)=C(Cl)C(=O)N1C(Cc1ccccc1)Cc1ccccc1. The van der Waals surface area contributed by atoms with Crippen LogP contribution in [0.25, 0.3) is 0 Å². The molecule has 0 radical (unpaired) electrons. The molecule has 122 valence electrons. The molecule has 2 aromatic rings. The Morgan fingerprint density at radius 2 is 1.08 bits per heavy atom. The average molecular weight is 360 g/mol. The predicted octanol–water partition coefficient (Wildman–Crippen LogP) is 3.90. The minimum Gasteiger partial charge on any atom is -0.269 e. The second kappa shape index (κ2) is 7.20. The van der Waals surface area contributed by atoms with Gasteiger partial charge < -0.3 is 0 Å². The van der Waals surface area contributed by atoms with Crippen molar-refractivity contribution in [1.82, 2.24) is 4.90 Å². The van der Waals surface area contributed by atoms with Crippen molar-refractivity contribution in [2.45, 2.75) is 18.9 Å². The van der Waals surface area contributed by atoms with Crippen molar-refractivity contribution in [3.63, 3.8) is 0 Å². The molecule has 2 aromatic carbocycles. The lowest BCUT2D eigenvalue weighted by atomic mass is 9.97. The normalized spacial score (nSPS) is 14.9. The smallest absolute Gasteiger partial charge is 0.269 e. The number of nitrogens with zero attached hydrogens (tertiary/aromatic N) is 1. The number of hydrogen-bond donors (Lipinski definition) is 0. The molecule has 0 aromatic heterocycles. The second-order valence-electron chi connectivity index (χ2n) is 5.64. The van der Waals surface area contributed by atoms with E-state index < -0.39 is 11.8 Å². The van der Waals surface area contributed by atoms with Crippen molar-refractivity contribution in [2.75, 3.05) is 0 Å². The zero-order valence-corrected chi connectivity index (χ0v) is 14.3. The predicted molar refractivity (Wildman–Crippen MR) is 94.7 cm³/mol. The molecule has 5 heteroatoms. The number of carbonyl (C=O) groups is 2. The van der Waals surface area contributed by atoms with E-state index in [0.29, 0.717) is 12.8 Å². The number of carbonyl (C=O) groups excluding carboxylic acids is 2. The van der Waals surface area contributed by atoms with Crippen LogP contribution in [-0.4, -0.2) is 22.8 Å². The van der Waals surface area contributed by atoms with Gasteiger partial charge in [0, 0.05) is 6.04 Å². The summed E-state index contributed by atoms with van der Waals surface area (Å²) in [6, 6.07) is 19.1. The van der Waals surface area contributed by atoms with E-state index in [4.69, 9.17) is 23.2 Å². The lowest BCUT2D eigenvalue weighted by Crippen LogP contribution is -2.43. The minimum absolute atomic E-state index is 0.201. The van der Waals surface area contributed by atoms with E-state index in [9.17, 15) is 9.59 Å². The molecule has 0 atom stereocenters. The zero-order chi connectivity index (χ0) is 17.1. The zero-order valence-electron chi connectivity index (χ0n) is 12.8. The third-order valence-electron chi connectivity index (χ3n) is 4.00. The fraction of sp³-hybridized carbons (Fsp3) is 0.158. The quantitative estimate of drug-likeness (QED) is 0.759. The first kappa shape index (κ1) is 16.7. The summed E-state index contributed by atoms with van der Waals surface area (Å²) in [5.74, 6) is -1.05. The van der Waals surface area contributed by atoms with Gasteiger partial charge in [0.05, 0.1) is 0 Å². The van der Waals surface area contributed by atoms with E-state index >= 15 is 0 Å². The number of rotatable bonds is 5. The Hall–Kier alpha value is -2.10. The third kappa shape index (κ3) is 3.37.